The van der Waals surface area contributed by atoms with Crippen LogP contribution in [-0.4, -0.2) is 0 Å². The first kappa shape index (κ1) is 25.4. The Morgan fingerprint density at radius 1 is 0.200 bits per heavy atom. The first-order valence-electron chi connectivity index (χ1n) is 11.6. The van der Waals surface area contributed by atoms with Crippen LogP contribution >= 0.6 is 0 Å². The Morgan fingerprint density at radius 2 is 0.400 bits per heavy atom. The highest BCUT2D eigenvalue weighted by Crippen LogP contribution is 2.11. The van der Waals surface area contributed by atoms with E-state index in [9.17, 15) is 0 Å². The summed E-state index contributed by atoms with van der Waals surface area (Å²) in [4.78, 5) is 0. The number of rotatable bonds is 0. The van der Waals surface area contributed by atoms with E-state index in [0.29, 0.717) is 0 Å². The second-order valence-corrected chi connectivity index (χ2v) is 7.34. The molecule has 0 heterocycles. The van der Waals surface area contributed by atoms with Gasteiger partial charge in [0.25, 0.3) is 0 Å². The molecule has 0 N–H and O–H groups in total. The molecule has 0 spiro atoms. The second kappa shape index (κ2) is 22.7. The highest BCUT2D eigenvalue weighted by Gasteiger charge is 1.91. The Bertz CT molecular complexity index is 609. The van der Waals surface area contributed by atoms with E-state index in [1.807, 2.05) is 60.8 Å². The van der Waals surface area contributed by atoms with E-state index in [-0.39, 0.29) is 0 Å². The summed E-state index contributed by atoms with van der Waals surface area (Å²) in [7, 11) is 0. The molecule has 1 rings (SSSR count). The van der Waals surface area contributed by atoms with E-state index < -0.39 is 0 Å². The standard InChI is InChI=1S/C30H40/c1-2-4-6-8-10-12-14-16-18-20-22-24-26-28-30-29-27-25-23-21-19-17-15-13-11-9-7-5-3-1/h1-20H,21-30H2/b3-1+,4-2+,7-5+,8-6+,11-9-,12-10-,15-13+,16-14+,19-17+,20-18?. The van der Waals surface area contributed by atoms with E-state index in [1.54, 1.807) is 0 Å². The fourth-order valence-electron chi connectivity index (χ4n) is 2.96. The van der Waals surface area contributed by atoms with E-state index in [4.69, 9.17) is 0 Å². The van der Waals surface area contributed by atoms with Gasteiger partial charge in [0.15, 0.2) is 0 Å². The SMILES string of the molecule is C1=CCCCCCCCCCC/C=C/C=C/C=C\C=C\C=C\C=C\C=C\C=C/C=C/1. The summed E-state index contributed by atoms with van der Waals surface area (Å²) in [6.45, 7) is 0. The summed E-state index contributed by atoms with van der Waals surface area (Å²) in [6.07, 6.45) is 55.0. The molecule has 0 bridgehead atoms. The van der Waals surface area contributed by atoms with E-state index in [1.165, 1.54) is 64.2 Å². The fourth-order valence-corrected chi connectivity index (χ4v) is 2.96. The summed E-state index contributed by atoms with van der Waals surface area (Å²) in [5.74, 6) is 0. The zero-order chi connectivity index (χ0) is 21.2. The van der Waals surface area contributed by atoms with Crippen LogP contribution in [0.25, 0.3) is 0 Å². The molecule has 0 aromatic heterocycles. The molecule has 1 aliphatic rings. The fraction of sp³-hybridized carbons (Fsp3) is 0.333. The van der Waals surface area contributed by atoms with Crippen molar-refractivity contribution >= 4 is 0 Å². The maximum atomic E-state index is 2.28. The predicted molar refractivity (Wildman–Crippen MR) is 138 cm³/mol. The lowest BCUT2D eigenvalue weighted by atomic mass is 10.1. The number of hydrogen-bond acceptors (Lipinski definition) is 0. The Balaban J connectivity index is 2.42. The minimum absolute atomic E-state index is 1.19. The normalized spacial score (nSPS) is 28.3. The Hall–Kier alpha value is -2.60. The Morgan fingerprint density at radius 3 is 0.667 bits per heavy atom. The Kier molecular flexibility index (Phi) is 19.2. The molecule has 0 atom stereocenters. The smallest absolute Gasteiger partial charge is 0.0348 e. The monoisotopic (exact) mass is 400 g/mol. The van der Waals surface area contributed by atoms with Crippen LogP contribution in [0.1, 0.15) is 64.2 Å². The van der Waals surface area contributed by atoms with Crippen LogP contribution in [0.3, 0.4) is 0 Å². The average Bonchev–Trinajstić information content (AvgIpc) is 2.76. The van der Waals surface area contributed by atoms with Gasteiger partial charge >= 0.3 is 0 Å². The van der Waals surface area contributed by atoms with Crippen molar-refractivity contribution in [3.8, 4) is 0 Å². The summed E-state index contributed by atoms with van der Waals surface area (Å²) < 4.78 is 0. The molecule has 0 heteroatoms. The van der Waals surface area contributed by atoms with E-state index in [2.05, 4.69) is 60.8 Å². The van der Waals surface area contributed by atoms with Gasteiger partial charge in [-0.1, -0.05) is 160 Å². The average molecular weight is 401 g/mol. The van der Waals surface area contributed by atoms with Gasteiger partial charge in [0.05, 0.1) is 0 Å². The third-order valence-electron chi connectivity index (χ3n) is 4.65. The van der Waals surface area contributed by atoms with E-state index >= 15 is 0 Å². The summed E-state index contributed by atoms with van der Waals surface area (Å²) in [5.41, 5.74) is 0. The lowest BCUT2D eigenvalue weighted by Gasteiger charge is -2.00. The minimum Gasteiger partial charge on any atom is -0.0845 e. The minimum atomic E-state index is 1.19. The first-order chi connectivity index (χ1) is 15.0. The molecule has 1 aliphatic carbocycles. The molecule has 0 nitrogen and oxygen atoms in total. The third kappa shape index (κ3) is 20.1. The summed E-state index contributed by atoms with van der Waals surface area (Å²) in [5, 5.41) is 0. The molecular formula is C30H40. The van der Waals surface area contributed by atoms with Gasteiger partial charge in [-0.2, -0.15) is 0 Å². The Labute approximate surface area is 185 Å². The van der Waals surface area contributed by atoms with Crippen LogP contribution in [0.5, 0.6) is 0 Å². The molecule has 0 radical (unpaired) electrons. The van der Waals surface area contributed by atoms with Gasteiger partial charge in [0, 0.05) is 0 Å². The predicted octanol–water partition coefficient (Wildman–Crippen LogP) is 9.46. The lowest BCUT2D eigenvalue weighted by molar-refractivity contribution is 0.571. The molecular weight excluding hydrogens is 360 g/mol. The molecule has 0 aromatic rings. The lowest BCUT2D eigenvalue weighted by Crippen LogP contribution is -1.81. The molecule has 0 unspecified atom stereocenters. The van der Waals surface area contributed by atoms with Crippen LogP contribution < -0.4 is 0 Å². The summed E-state index contributed by atoms with van der Waals surface area (Å²) in [6, 6.07) is 0. The maximum absolute atomic E-state index is 2.28. The van der Waals surface area contributed by atoms with Crippen LogP contribution in [0.15, 0.2) is 122 Å². The van der Waals surface area contributed by atoms with Gasteiger partial charge in [-0.05, 0) is 25.7 Å². The zero-order valence-corrected chi connectivity index (χ0v) is 18.6. The summed E-state index contributed by atoms with van der Waals surface area (Å²) >= 11 is 0. The van der Waals surface area contributed by atoms with Crippen molar-refractivity contribution in [2.75, 3.05) is 0 Å². The highest BCUT2D eigenvalue weighted by atomic mass is 14.0. The van der Waals surface area contributed by atoms with Crippen molar-refractivity contribution in [1.29, 1.82) is 0 Å². The molecule has 0 saturated heterocycles. The molecule has 0 fully saturated rings. The largest absolute Gasteiger partial charge is 0.0845 e. The number of allylic oxidation sites excluding steroid dienone is 20. The second-order valence-electron chi connectivity index (χ2n) is 7.34. The van der Waals surface area contributed by atoms with Crippen molar-refractivity contribution < 1.29 is 0 Å². The van der Waals surface area contributed by atoms with Crippen molar-refractivity contribution in [1.82, 2.24) is 0 Å². The first-order valence-corrected chi connectivity index (χ1v) is 11.6. The van der Waals surface area contributed by atoms with Crippen molar-refractivity contribution in [3.05, 3.63) is 122 Å². The van der Waals surface area contributed by atoms with Crippen molar-refractivity contribution in [2.45, 2.75) is 64.2 Å². The van der Waals surface area contributed by atoms with Gasteiger partial charge in [0.1, 0.15) is 0 Å². The van der Waals surface area contributed by atoms with Gasteiger partial charge in [-0.25, -0.2) is 0 Å². The van der Waals surface area contributed by atoms with Crippen LogP contribution in [0, 0.1) is 0 Å². The quantitative estimate of drug-likeness (QED) is 0.380. The maximum Gasteiger partial charge on any atom is -0.0348 e. The van der Waals surface area contributed by atoms with Crippen LogP contribution in [0.2, 0.25) is 0 Å². The molecule has 30 heavy (non-hydrogen) atoms. The van der Waals surface area contributed by atoms with Crippen LogP contribution in [-0.2, 0) is 0 Å². The van der Waals surface area contributed by atoms with Gasteiger partial charge in [-0.15, -0.1) is 0 Å². The van der Waals surface area contributed by atoms with Crippen molar-refractivity contribution in [2.24, 2.45) is 0 Å². The molecule has 0 saturated carbocycles. The molecule has 0 aliphatic heterocycles. The highest BCUT2D eigenvalue weighted by molar-refractivity contribution is 5.22. The van der Waals surface area contributed by atoms with Crippen LogP contribution in [0.4, 0.5) is 0 Å². The van der Waals surface area contributed by atoms with Gasteiger partial charge in [0.2, 0.25) is 0 Å². The van der Waals surface area contributed by atoms with Gasteiger partial charge < -0.3 is 0 Å². The number of hydrogen-bond donors (Lipinski definition) is 0. The van der Waals surface area contributed by atoms with Crippen molar-refractivity contribution in [3.63, 3.8) is 0 Å². The third-order valence-corrected chi connectivity index (χ3v) is 4.65. The molecule has 0 aromatic carbocycles. The molecule has 160 valence electrons. The van der Waals surface area contributed by atoms with Gasteiger partial charge in [-0.3, -0.25) is 0 Å². The topological polar surface area (TPSA) is 0 Å². The molecule has 0 amide bonds. The van der Waals surface area contributed by atoms with E-state index in [0.717, 1.165) is 0 Å². The zero-order valence-electron chi connectivity index (χ0n) is 18.6.